The van der Waals surface area contributed by atoms with Gasteiger partial charge in [-0.05, 0) is 169 Å². The number of nitrogens with one attached hydrogen (secondary N) is 3. The molecule has 0 bridgehead atoms. The van der Waals surface area contributed by atoms with E-state index < -0.39 is 52.7 Å². The first-order valence-corrected chi connectivity index (χ1v) is 34.1. The number of rotatable bonds is 13. The average Bonchev–Trinajstić information content (AvgIpc) is 2.42. The van der Waals surface area contributed by atoms with Crippen LogP contribution in [0.5, 0.6) is 17.2 Å². The standard InChI is InChI=1S/C66H95N3O12S2/c1-40(2)28-43(29-42-13-17-53(73)46(30-42)35-70)34-68-52-37-82-83-39-63(4,78)33-45-11-9-10-44-31-50-51(64(38-71)21-7-8-22-64)36-79-61-55(75)19-16-49(59(50)61)60(44)65(24-26-67-27-25-65)57(32-56(80-41(3)72)48(45)15-18-54(52)74)81-62(77)66-23-6-5-12-47(66)14-20-58(76)69-66/h13,16-17,19,30,40,43-45,47-48,50-52,54,56-57,60,67-68,70-71,73-75,78H,5-8,11-12,14-15,18,20-29,31-39H2,1-4H3,(H,69,76). The van der Waals surface area contributed by atoms with Crippen LogP contribution < -0.4 is 20.7 Å². The van der Waals surface area contributed by atoms with Gasteiger partial charge in [0.05, 0.1) is 24.9 Å². The van der Waals surface area contributed by atoms with E-state index in [2.05, 4.69) is 41.6 Å². The Kier molecular flexibility index (Phi) is 20.1. The third kappa shape index (κ3) is 13.4. The van der Waals surface area contributed by atoms with Gasteiger partial charge in [-0.1, -0.05) is 79.2 Å². The number of piperidine rings is 2. The Bertz CT molecular complexity index is 2660. The van der Waals surface area contributed by atoms with Crippen molar-refractivity contribution in [3.05, 3.63) is 52.6 Å². The summed E-state index contributed by atoms with van der Waals surface area (Å²) in [7, 11) is 3.22. The minimum Gasteiger partial charge on any atom is -0.508 e. The molecule has 458 valence electrons. The Morgan fingerprint density at radius 1 is 0.940 bits per heavy atom. The minimum atomic E-state index is -1.21. The summed E-state index contributed by atoms with van der Waals surface area (Å²) in [6.07, 6.45) is 10.3. The highest BCUT2D eigenvalue weighted by atomic mass is 33.1. The van der Waals surface area contributed by atoms with Crippen molar-refractivity contribution in [2.75, 3.05) is 44.4 Å². The van der Waals surface area contributed by atoms with Crippen molar-refractivity contribution in [2.45, 2.75) is 210 Å². The molecule has 1 amide bonds. The SMILES string of the molecule is CC(=O)OC1CC(OC(=O)C23CCCCC2CCC(=O)N3)C2(CCNCC2)C2c3ccc(O)c4c3C(CC2C#CCC2CC(C)(O)CSSCC(NCC(Cc3ccc(O)c(CO)c3)CC(C)C)C(O)CCC21)C(C1(CO)CCCC1)CO4. The van der Waals surface area contributed by atoms with E-state index in [1.165, 1.54) is 6.92 Å². The molecule has 2 saturated carbocycles. The highest BCUT2D eigenvalue weighted by Crippen LogP contribution is 2.65. The molecule has 4 aliphatic carbocycles. The largest absolute Gasteiger partial charge is 0.508 e. The van der Waals surface area contributed by atoms with Gasteiger partial charge in [-0.25, -0.2) is 4.79 Å². The predicted molar refractivity (Wildman–Crippen MR) is 323 cm³/mol. The number of benzene rings is 2. The lowest BCUT2D eigenvalue weighted by molar-refractivity contribution is -0.183. The molecule has 17 heteroatoms. The van der Waals surface area contributed by atoms with Gasteiger partial charge < -0.3 is 60.8 Å². The molecule has 2 aromatic rings. The molecule has 3 saturated heterocycles. The quantitative estimate of drug-likeness (QED) is 0.0517. The molecule has 15 nitrogen and oxygen atoms in total. The summed E-state index contributed by atoms with van der Waals surface area (Å²) < 4.78 is 20.8. The fraction of sp³-hybridized carbons (Fsp3) is 0.742. The number of aliphatic hydroxyl groups excluding tert-OH is 3. The average molecular weight is 1190 g/mol. The van der Waals surface area contributed by atoms with E-state index in [4.69, 9.17) is 14.2 Å². The number of fused-ring (bicyclic) bond motifs is 5. The molecular formula is C66H95N3O12S2. The zero-order valence-corrected chi connectivity index (χ0v) is 51.3. The molecule has 1 spiro atoms. The first kappa shape index (κ1) is 62.3. The highest BCUT2D eigenvalue weighted by molar-refractivity contribution is 8.76. The molecule has 2 aromatic carbocycles. The number of esters is 2. The molecule has 8 aliphatic rings. The fourth-order valence-corrected chi connectivity index (χ4v) is 20.3. The van der Waals surface area contributed by atoms with E-state index in [1.807, 2.05) is 25.1 Å². The van der Waals surface area contributed by atoms with Gasteiger partial charge in [0, 0.05) is 96.0 Å². The molecule has 4 aliphatic heterocycles. The van der Waals surface area contributed by atoms with Crippen LogP contribution in [-0.4, -0.2) is 128 Å². The Morgan fingerprint density at radius 3 is 2.46 bits per heavy atom. The van der Waals surface area contributed by atoms with Gasteiger partial charge in [0.25, 0.3) is 0 Å². The van der Waals surface area contributed by atoms with Crippen LogP contribution in [0.2, 0.25) is 0 Å². The number of phenols is 2. The van der Waals surface area contributed by atoms with Crippen molar-refractivity contribution < 1.29 is 59.2 Å². The van der Waals surface area contributed by atoms with Crippen molar-refractivity contribution >= 4 is 39.4 Å². The number of carbonyl (C=O) groups excluding carboxylic acids is 3. The zero-order chi connectivity index (χ0) is 58.7. The number of aromatic hydroxyl groups is 2. The maximum absolute atomic E-state index is 15.9. The van der Waals surface area contributed by atoms with Crippen molar-refractivity contribution in [1.82, 2.24) is 16.0 Å². The summed E-state index contributed by atoms with van der Waals surface area (Å²) in [5, 5.41) is 79.2. The fourth-order valence-electron chi connectivity index (χ4n) is 17.5. The van der Waals surface area contributed by atoms with Crippen LogP contribution in [0.4, 0.5) is 0 Å². The van der Waals surface area contributed by atoms with E-state index in [1.54, 1.807) is 33.7 Å². The Labute approximate surface area is 500 Å². The lowest BCUT2D eigenvalue weighted by Crippen LogP contribution is -2.65. The van der Waals surface area contributed by atoms with Crippen LogP contribution in [0.15, 0.2) is 30.3 Å². The summed E-state index contributed by atoms with van der Waals surface area (Å²) in [6, 6.07) is 8.86. The van der Waals surface area contributed by atoms with Crippen molar-refractivity contribution in [2.24, 2.45) is 52.3 Å². The third-order valence-electron chi connectivity index (χ3n) is 21.5. The monoisotopic (exact) mass is 1190 g/mol. The topological polar surface area (TPSA) is 236 Å². The molecule has 4 heterocycles. The second-order valence-electron chi connectivity index (χ2n) is 27.4. The maximum atomic E-state index is 15.9. The molecular weight excluding hydrogens is 1090 g/mol. The second kappa shape index (κ2) is 26.7. The van der Waals surface area contributed by atoms with Crippen LogP contribution in [0.25, 0.3) is 0 Å². The normalized spacial score (nSPS) is 34.7. The van der Waals surface area contributed by atoms with E-state index in [0.717, 1.165) is 68.1 Å². The Morgan fingerprint density at radius 2 is 1.71 bits per heavy atom. The molecule has 83 heavy (non-hydrogen) atoms. The first-order chi connectivity index (χ1) is 39.9. The molecule has 0 aromatic heterocycles. The molecule has 14 unspecified atom stereocenters. The number of phenolic OH excluding ortho intramolecular Hbond substituents is 1. The van der Waals surface area contributed by atoms with Crippen LogP contribution in [0.3, 0.4) is 0 Å². The molecule has 0 radical (unpaired) electrons. The maximum Gasteiger partial charge on any atom is 0.332 e. The van der Waals surface area contributed by atoms with Crippen molar-refractivity contribution in [3.8, 4) is 29.1 Å². The molecule has 9 N–H and O–H groups in total. The van der Waals surface area contributed by atoms with E-state index >= 15 is 4.79 Å². The lowest BCUT2D eigenvalue weighted by Gasteiger charge is -2.56. The van der Waals surface area contributed by atoms with Gasteiger partial charge >= 0.3 is 11.9 Å². The zero-order valence-electron chi connectivity index (χ0n) is 49.6. The molecule has 10 rings (SSSR count). The van der Waals surface area contributed by atoms with Crippen molar-refractivity contribution in [3.63, 3.8) is 0 Å². The summed E-state index contributed by atoms with van der Waals surface area (Å²) in [5.41, 5.74) is -0.0651. The smallest absolute Gasteiger partial charge is 0.332 e. The Balaban J connectivity index is 1.07. The third-order valence-corrected chi connectivity index (χ3v) is 24.1. The molecule has 14 atom stereocenters. The van der Waals surface area contributed by atoms with Crippen LogP contribution in [-0.2, 0) is 36.9 Å². The van der Waals surface area contributed by atoms with Crippen LogP contribution in [0.1, 0.15) is 184 Å². The van der Waals surface area contributed by atoms with Gasteiger partial charge in [0.1, 0.15) is 23.5 Å². The number of hydrogen-bond donors (Lipinski definition) is 9. The minimum absolute atomic E-state index is 0.0292. The summed E-state index contributed by atoms with van der Waals surface area (Å²) >= 11 is 0. The van der Waals surface area contributed by atoms with Crippen LogP contribution in [0, 0.1) is 64.1 Å². The lowest BCUT2D eigenvalue weighted by atomic mass is 9.51. The van der Waals surface area contributed by atoms with Gasteiger partial charge in [0.2, 0.25) is 5.91 Å². The second-order valence-corrected chi connectivity index (χ2v) is 29.9. The number of hydrogen-bond acceptors (Lipinski definition) is 16. The number of aliphatic hydroxyl groups is 4. The van der Waals surface area contributed by atoms with E-state index in [-0.39, 0.29) is 89.9 Å². The summed E-state index contributed by atoms with van der Waals surface area (Å²) in [4.78, 5) is 43.3. The predicted octanol–water partition coefficient (Wildman–Crippen LogP) is 8.96. The van der Waals surface area contributed by atoms with Crippen LogP contribution >= 0.6 is 21.6 Å². The van der Waals surface area contributed by atoms with E-state index in [9.17, 15) is 40.2 Å². The van der Waals surface area contributed by atoms with Gasteiger partial charge in [-0.2, -0.15) is 0 Å². The van der Waals surface area contributed by atoms with Gasteiger partial charge in [-0.15, -0.1) is 5.92 Å². The van der Waals surface area contributed by atoms with Gasteiger partial charge in [-0.3, -0.25) is 9.59 Å². The summed E-state index contributed by atoms with van der Waals surface area (Å²) in [6.45, 7) is 9.71. The van der Waals surface area contributed by atoms with E-state index in [0.29, 0.717) is 126 Å². The molecule has 5 fully saturated rings. The number of carbonyl (C=O) groups is 3. The summed E-state index contributed by atoms with van der Waals surface area (Å²) in [5.74, 6) is 7.24. The Hall–Kier alpha value is -3.73. The number of amides is 1. The number of ether oxygens (including phenoxy) is 3. The first-order valence-electron chi connectivity index (χ1n) is 31.7. The highest BCUT2D eigenvalue weighted by Gasteiger charge is 2.61. The van der Waals surface area contributed by atoms with Crippen molar-refractivity contribution in [1.29, 1.82) is 0 Å². The van der Waals surface area contributed by atoms with Gasteiger partial charge in [0.15, 0.2) is 11.5 Å².